The SMILES string of the molecule is CC(C)N(CCNC(=O)NOCC(=O)O)C(C)C. The van der Waals surface area contributed by atoms with Gasteiger partial charge in [-0.15, -0.1) is 0 Å². The lowest BCUT2D eigenvalue weighted by Gasteiger charge is -2.30. The van der Waals surface area contributed by atoms with Gasteiger partial charge in [0.05, 0.1) is 0 Å². The van der Waals surface area contributed by atoms with E-state index in [1.54, 1.807) is 0 Å². The van der Waals surface area contributed by atoms with Gasteiger partial charge >= 0.3 is 12.0 Å². The number of hydrogen-bond donors (Lipinski definition) is 3. The Balaban J connectivity index is 3.75. The maximum absolute atomic E-state index is 11.2. The molecular formula is C11H23N3O4. The molecule has 0 aliphatic heterocycles. The van der Waals surface area contributed by atoms with E-state index in [0.29, 0.717) is 18.6 Å². The first kappa shape index (κ1) is 16.7. The molecule has 0 aliphatic rings. The predicted molar refractivity (Wildman–Crippen MR) is 67.1 cm³/mol. The molecule has 0 atom stereocenters. The van der Waals surface area contributed by atoms with Gasteiger partial charge < -0.3 is 10.4 Å². The molecule has 106 valence electrons. The van der Waals surface area contributed by atoms with Crippen molar-refractivity contribution in [1.82, 2.24) is 15.7 Å². The molecule has 3 N–H and O–H groups in total. The van der Waals surface area contributed by atoms with Crippen LogP contribution in [0.2, 0.25) is 0 Å². The minimum atomic E-state index is -1.14. The van der Waals surface area contributed by atoms with Crippen LogP contribution in [-0.2, 0) is 9.63 Å². The van der Waals surface area contributed by atoms with Crippen LogP contribution in [0, 0.1) is 0 Å². The van der Waals surface area contributed by atoms with Crippen LogP contribution in [0.5, 0.6) is 0 Å². The largest absolute Gasteiger partial charge is 0.479 e. The molecule has 0 aliphatic carbocycles. The van der Waals surface area contributed by atoms with Gasteiger partial charge in [0.1, 0.15) is 0 Å². The molecule has 18 heavy (non-hydrogen) atoms. The second-order valence-corrected chi connectivity index (χ2v) is 4.47. The molecule has 0 unspecified atom stereocenters. The summed E-state index contributed by atoms with van der Waals surface area (Å²) in [7, 11) is 0. The van der Waals surface area contributed by atoms with Crippen LogP contribution in [0.15, 0.2) is 0 Å². The van der Waals surface area contributed by atoms with E-state index < -0.39 is 18.6 Å². The second kappa shape index (κ2) is 8.71. The number of hydroxylamine groups is 1. The van der Waals surface area contributed by atoms with E-state index >= 15 is 0 Å². The lowest BCUT2D eigenvalue weighted by atomic mass is 10.2. The van der Waals surface area contributed by atoms with Crippen molar-refractivity contribution in [3.63, 3.8) is 0 Å². The highest BCUT2D eigenvalue weighted by Crippen LogP contribution is 2.02. The number of nitrogens with one attached hydrogen (secondary N) is 2. The smallest absolute Gasteiger partial charge is 0.338 e. The second-order valence-electron chi connectivity index (χ2n) is 4.47. The van der Waals surface area contributed by atoms with Gasteiger partial charge in [0, 0.05) is 25.2 Å². The number of rotatable bonds is 8. The Labute approximate surface area is 107 Å². The molecule has 0 radical (unpaired) electrons. The number of amides is 2. The summed E-state index contributed by atoms with van der Waals surface area (Å²) in [5, 5.41) is 10.9. The number of carboxylic acids is 1. The highest BCUT2D eigenvalue weighted by atomic mass is 16.7. The Morgan fingerprint density at radius 2 is 1.78 bits per heavy atom. The summed E-state index contributed by atoms with van der Waals surface area (Å²) in [5.74, 6) is -1.14. The molecule has 0 aromatic rings. The average Bonchev–Trinajstić information content (AvgIpc) is 2.22. The third-order valence-electron chi connectivity index (χ3n) is 2.34. The molecule has 0 aromatic carbocycles. The first-order valence-corrected chi connectivity index (χ1v) is 5.97. The molecule has 2 amide bonds. The van der Waals surface area contributed by atoms with Gasteiger partial charge in [-0.25, -0.2) is 15.1 Å². The topological polar surface area (TPSA) is 90.9 Å². The van der Waals surface area contributed by atoms with Crippen molar-refractivity contribution < 1.29 is 19.5 Å². The fraction of sp³-hybridized carbons (Fsp3) is 0.818. The number of hydrogen-bond acceptors (Lipinski definition) is 4. The van der Waals surface area contributed by atoms with E-state index in [4.69, 9.17) is 5.11 Å². The maximum atomic E-state index is 11.2. The van der Waals surface area contributed by atoms with Crippen LogP contribution in [-0.4, -0.2) is 53.8 Å². The Hall–Kier alpha value is -1.34. The minimum Gasteiger partial charge on any atom is -0.479 e. The number of urea groups is 1. The van der Waals surface area contributed by atoms with Crippen LogP contribution < -0.4 is 10.8 Å². The first-order chi connectivity index (χ1) is 8.34. The fourth-order valence-electron chi connectivity index (χ4n) is 1.61. The number of nitrogens with zero attached hydrogens (tertiary/aromatic N) is 1. The monoisotopic (exact) mass is 261 g/mol. The lowest BCUT2D eigenvalue weighted by Crippen LogP contribution is -2.44. The van der Waals surface area contributed by atoms with Gasteiger partial charge in [0.25, 0.3) is 0 Å². The number of aliphatic carboxylic acids is 1. The summed E-state index contributed by atoms with van der Waals surface area (Å²) < 4.78 is 0. The molecule has 0 bridgehead atoms. The molecular weight excluding hydrogens is 238 g/mol. The zero-order valence-corrected chi connectivity index (χ0v) is 11.4. The molecule has 0 spiro atoms. The third-order valence-corrected chi connectivity index (χ3v) is 2.34. The van der Waals surface area contributed by atoms with Crippen molar-refractivity contribution in [2.45, 2.75) is 39.8 Å². The van der Waals surface area contributed by atoms with E-state index in [0.717, 1.165) is 6.54 Å². The average molecular weight is 261 g/mol. The summed E-state index contributed by atoms with van der Waals surface area (Å²) in [6.45, 7) is 9.01. The first-order valence-electron chi connectivity index (χ1n) is 5.97. The zero-order valence-electron chi connectivity index (χ0n) is 11.4. The van der Waals surface area contributed by atoms with Gasteiger partial charge in [-0.3, -0.25) is 9.74 Å². The van der Waals surface area contributed by atoms with Crippen LogP contribution >= 0.6 is 0 Å². The maximum Gasteiger partial charge on any atom is 0.338 e. The van der Waals surface area contributed by atoms with Gasteiger partial charge in [-0.2, -0.15) is 0 Å². The highest BCUT2D eigenvalue weighted by Gasteiger charge is 2.12. The quantitative estimate of drug-likeness (QED) is 0.551. The Morgan fingerprint density at radius 3 is 2.22 bits per heavy atom. The van der Waals surface area contributed by atoms with Crippen molar-refractivity contribution in [1.29, 1.82) is 0 Å². The normalized spacial score (nSPS) is 11.1. The summed E-state index contributed by atoms with van der Waals surface area (Å²) in [6.07, 6.45) is 0. The Bertz CT molecular complexity index is 261. The molecule has 0 aromatic heterocycles. The van der Waals surface area contributed by atoms with Crippen LogP contribution in [0.3, 0.4) is 0 Å². The number of carbonyl (C=O) groups excluding carboxylic acids is 1. The van der Waals surface area contributed by atoms with Gasteiger partial charge in [0.15, 0.2) is 6.61 Å². The van der Waals surface area contributed by atoms with Crippen molar-refractivity contribution in [3.8, 4) is 0 Å². The Kier molecular flexibility index (Phi) is 8.06. The summed E-state index contributed by atoms with van der Waals surface area (Å²) in [6, 6.07) is 0.264. The predicted octanol–water partition coefficient (Wildman–Crippen LogP) is 0.421. The van der Waals surface area contributed by atoms with Crippen LogP contribution in [0.25, 0.3) is 0 Å². The van der Waals surface area contributed by atoms with Gasteiger partial charge in [-0.05, 0) is 27.7 Å². The standard InChI is InChI=1S/C11H23N3O4/c1-8(2)14(9(3)4)6-5-12-11(17)13-18-7-10(15)16/h8-9H,5-7H2,1-4H3,(H,15,16)(H2,12,13,17). The number of carboxylic acid groups (broad SMARTS) is 1. The van der Waals surface area contributed by atoms with Crippen LogP contribution in [0.4, 0.5) is 4.79 Å². The molecule has 7 heteroatoms. The van der Waals surface area contributed by atoms with E-state index in [9.17, 15) is 9.59 Å². The lowest BCUT2D eigenvalue weighted by molar-refractivity contribution is -0.144. The molecule has 7 nitrogen and oxygen atoms in total. The third kappa shape index (κ3) is 7.86. The summed E-state index contributed by atoms with van der Waals surface area (Å²) in [4.78, 5) is 28.0. The van der Waals surface area contributed by atoms with E-state index in [1.165, 1.54) is 0 Å². The van der Waals surface area contributed by atoms with E-state index in [1.807, 2.05) is 5.48 Å². The van der Waals surface area contributed by atoms with Crippen molar-refractivity contribution in [3.05, 3.63) is 0 Å². The summed E-state index contributed by atoms with van der Waals surface area (Å²) in [5.41, 5.74) is 2.00. The molecule has 0 saturated carbocycles. The Morgan fingerprint density at radius 1 is 1.22 bits per heavy atom. The van der Waals surface area contributed by atoms with Crippen molar-refractivity contribution in [2.75, 3.05) is 19.7 Å². The molecule has 0 saturated heterocycles. The van der Waals surface area contributed by atoms with Gasteiger partial charge in [-0.1, -0.05) is 0 Å². The highest BCUT2D eigenvalue weighted by molar-refractivity contribution is 5.73. The van der Waals surface area contributed by atoms with Crippen LogP contribution in [0.1, 0.15) is 27.7 Å². The van der Waals surface area contributed by atoms with Crippen molar-refractivity contribution >= 4 is 12.0 Å². The van der Waals surface area contributed by atoms with E-state index in [2.05, 4.69) is 42.7 Å². The fourth-order valence-corrected chi connectivity index (χ4v) is 1.61. The molecule has 0 rings (SSSR count). The number of carbonyl (C=O) groups is 2. The summed E-state index contributed by atoms with van der Waals surface area (Å²) >= 11 is 0. The zero-order chi connectivity index (χ0) is 14.1. The van der Waals surface area contributed by atoms with Crippen molar-refractivity contribution in [2.24, 2.45) is 0 Å². The minimum absolute atomic E-state index is 0.401. The van der Waals surface area contributed by atoms with E-state index in [-0.39, 0.29) is 0 Å². The molecule has 0 heterocycles. The van der Waals surface area contributed by atoms with Gasteiger partial charge in [0.2, 0.25) is 0 Å². The molecule has 0 fully saturated rings.